The van der Waals surface area contributed by atoms with Gasteiger partial charge in [-0.05, 0) is 58.2 Å². The van der Waals surface area contributed by atoms with Gasteiger partial charge in [-0.3, -0.25) is 4.79 Å². The number of carbonyl (C=O) groups is 2. The molecule has 9 nitrogen and oxygen atoms in total. The lowest BCUT2D eigenvalue weighted by molar-refractivity contribution is -0.120. The highest BCUT2D eigenvalue weighted by Gasteiger charge is 2.38. The van der Waals surface area contributed by atoms with Gasteiger partial charge >= 0.3 is 5.97 Å². The summed E-state index contributed by atoms with van der Waals surface area (Å²) in [6.07, 6.45) is 1.08. The summed E-state index contributed by atoms with van der Waals surface area (Å²) in [5, 5.41) is 2.88. The van der Waals surface area contributed by atoms with E-state index in [1.54, 1.807) is 26.8 Å². The second-order valence-corrected chi connectivity index (χ2v) is 10.1. The summed E-state index contributed by atoms with van der Waals surface area (Å²) >= 11 is 0. The van der Waals surface area contributed by atoms with Crippen molar-refractivity contribution in [2.24, 2.45) is 5.92 Å². The molecule has 1 fully saturated rings. The van der Waals surface area contributed by atoms with Crippen molar-refractivity contribution in [2.45, 2.75) is 45.4 Å². The minimum Gasteiger partial charge on any atom is -0.495 e. The summed E-state index contributed by atoms with van der Waals surface area (Å²) in [6.45, 7) is 7.25. The number of sulfonamides is 1. The average Bonchev–Trinajstić information content (AvgIpc) is 3.08. The van der Waals surface area contributed by atoms with Gasteiger partial charge in [0.25, 0.3) is 0 Å². The van der Waals surface area contributed by atoms with Gasteiger partial charge in [-0.2, -0.15) is 4.31 Å². The van der Waals surface area contributed by atoms with Gasteiger partial charge in [0, 0.05) is 24.5 Å². The Morgan fingerprint density at radius 1 is 1.21 bits per heavy atom. The molecule has 2 N–H and O–H groups in total. The van der Waals surface area contributed by atoms with Crippen LogP contribution in [0.3, 0.4) is 0 Å². The minimum absolute atomic E-state index is 0.0189. The van der Waals surface area contributed by atoms with Crippen molar-refractivity contribution in [3.8, 4) is 5.75 Å². The number of aromatic amines is 1. The number of methoxy groups -OCH3 is 1. The first kappa shape index (κ1) is 24.8. The fourth-order valence-corrected chi connectivity index (χ4v) is 6.12. The number of rotatable bonds is 7. The number of carbonyl (C=O) groups excluding carboxylic acids is 2. The second-order valence-electron chi connectivity index (χ2n) is 8.19. The van der Waals surface area contributed by atoms with Gasteiger partial charge in [-0.1, -0.05) is 6.07 Å². The van der Waals surface area contributed by atoms with Crippen LogP contribution >= 0.6 is 0 Å². The lowest BCUT2D eigenvalue weighted by Crippen LogP contribution is -2.44. The van der Waals surface area contributed by atoms with Crippen molar-refractivity contribution in [1.82, 2.24) is 9.29 Å². The van der Waals surface area contributed by atoms with Crippen LogP contribution in [0.5, 0.6) is 5.75 Å². The predicted octanol–water partition coefficient (Wildman–Crippen LogP) is 3.16. The zero-order valence-corrected chi connectivity index (χ0v) is 20.5. The zero-order valence-electron chi connectivity index (χ0n) is 19.6. The van der Waals surface area contributed by atoms with Gasteiger partial charge in [-0.15, -0.1) is 0 Å². The van der Waals surface area contributed by atoms with Crippen LogP contribution in [0, 0.1) is 26.7 Å². The Morgan fingerprint density at radius 3 is 2.61 bits per heavy atom. The van der Waals surface area contributed by atoms with Crippen molar-refractivity contribution in [3.05, 3.63) is 40.7 Å². The van der Waals surface area contributed by atoms with Crippen molar-refractivity contribution in [1.29, 1.82) is 0 Å². The highest BCUT2D eigenvalue weighted by molar-refractivity contribution is 7.89. The maximum absolute atomic E-state index is 13.6. The van der Waals surface area contributed by atoms with Gasteiger partial charge in [0.05, 0.1) is 25.3 Å². The molecule has 1 atom stereocenters. The van der Waals surface area contributed by atoms with E-state index in [2.05, 4.69) is 10.3 Å². The lowest BCUT2D eigenvalue weighted by Gasteiger charge is -2.31. The van der Waals surface area contributed by atoms with Crippen LogP contribution in [-0.2, 0) is 19.6 Å². The third-order valence-corrected chi connectivity index (χ3v) is 7.80. The molecule has 3 rings (SSSR count). The third kappa shape index (κ3) is 5.06. The van der Waals surface area contributed by atoms with Crippen molar-refractivity contribution >= 4 is 27.6 Å². The fraction of sp³-hybridized carbons (Fsp3) is 0.478. The molecule has 10 heteroatoms. The number of aromatic nitrogens is 1. The van der Waals surface area contributed by atoms with Gasteiger partial charge in [0.2, 0.25) is 15.9 Å². The quantitative estimate of drug-likeness (QED) is 0.592. The van der Waals surface area contributed by atoms with Crippen LogP contribution in [0.4, 0.5) is 5.69 Å². The van der Waals surface area contributed by atoms with Crippen molar-refractivity contribution in [2.75, 3.05) is 32.1 Å². The molecule has 1 aliphatic rings. The largest absolute Gasteiger partial charge is 0.495 e. The number of piperidine rings is 1. The molecule has 2 aromatic rings. The Hall–Kier alpha value is -2.85. The summed E-state index contributed by atoms with van der Waals surface area (Å²) in [7, 11) is -2.50. The maximum Gasteiger partial charge on any atom is 0.341 e. The molecular formula is C23H31N3O6S. The normalized spacial score (nSPS) is 16.9. The number of hydrogen-bond acceptors (Lipinski definition) is 6. The number of H-pyrrole nitrogens is 1. The molecule has 0 spiro atoms. The van der Waals surface area contributed by atoms with E-state index in [4.69, 9.17) is 9.47 Å². The molecule has 1 amide bonds. The number of nitrogens with zero attached hydrogens (tertiary/aromatic N) is 1. The number of hydrogen-bond donors (Lipinski definition) is 2. The number of nitrogens with one attached hydrogen (secondary N) is 2. The first-order chi connectivity index (χ1) is 15.6. The van der Waals surface area contributed by atoms with Crippen LogP contribution in [0.15, 0.2) is 23.1 Å². The number of ether oxygens (including phenoxy) is 2. The smallest absolute Gasteiger partial charge is 0.341 e. The first-order valence-electron chi connectivity index (χ1n) is 10.9. The van der Waals surface area contributed by atoms with E-state index in [-0.39, 0.29) is 36.1 Å². The Kier molecular flexibility index (Phi) is 7.48. The fourth-order valence-electron chi connectivity index (χ4n) is 4.19. The molecule has 180 valence electrons. The standard InChI is InChI=1S/C23H31N3O6S/c1-6-32-23(28)20-15(3)24-16(4)21(20)33(29,30)26-11-7-8-17(13-26)22(27)25-18-12-14(2)9-10-19(18)31-5/h9-10,12,17,24H,6-8,11,13H2,1-5H3,(H,25,27)/t17-/m1/s1. The summed E-state index contributed by atoms with van der Waals surface area (Å²) in [4.78, 5) is 28.4. The van der Waals surface area contributed by atoms with Gasteiger partial charge < -0.3 is 19.8 Å². The number of aryl methyl sites for hydroxylation is 3. The Bertz CT molecular complexity index is 1160. The number of benzene rings is 1. The number of anilines is 1. The van der Waals surface area contributed by atoms with E-state index in [0.29, 0.717) is 35.7 Å². The van der Waals surface area contributed by atoms with Crippen LogP contribution < -0.4 is 10.1 Å². The topological polar surface area (TPSA) is 118 Å². The monoisotopic (exact) mass is 477 g/mol. The lowest BCUT2D eigenvalue weighted by atomic mass is 9.98. The molecule has 0 radical (unpaired) electrons. The molecule has 33 heavy (non-hydrogen) atoms. The molecular weight excluding hydrogens is 446 g/mol. The van der Waals surface area contributed by atoms with Crippen molar-refractivity contribution < 1.29 is 27.5 Å². The van der Waals surface area contributed by atoms with E-state index in [1.165, 1.54) is 11.4 Å². The molecule has 1 aromatic carbocycles. The second kappa shape index (κ2) is 9.96. The van der Waals surface area contributed by atoms with E-state index in [0.717, 1.165) is 5.56 Å². The maximum atomic E-state index is 13.6. The molecule has 0 aliphatic carbocycles. The molecule has 1 aromatic heterocycles. The number of esters is 1. The van der Waals surface area contributed by atoms with E-state index >= 15 is 0 Å². The first-order valence-corrected chi connectivity index (χ1v) is 12.4. The summed E-state index contributed by atoms with van der Waals surface area (Å²) < 4.78 is 38.8. The highest BCUT2D eigenvalue weighted by Crippen LogP contribution is 2.32. The predicted molar refractivity (Wildman–Crippen MR) is 124 cm³/mol. The Balaban J connectivity index is 1.85. The molecule has 0 unspecified atom stereocenters. The summed E-state index contributed by atoms with van der Waals surface area (Å²) in [5.74, 6) is -0.959. The highest BCUT2D eigenvalue weighted by atomic mass is 32.2. The minimum atomic E-state index is -4.03. The molecule has 2 heterocycles. The third-order valence-electron chi connectivity index (χ3n) is 5.76. The van der Waals surface area contributed by atoms with E-state index in [9.17, 15) is 18.0 Å². The Labute approximate surface area is 194 Å². The van der Waals surface area contributed by atoms with Gasteiger partial charge in [-0.25, -0.2) is 13.2 Å². The van der Waals surface area contributed by atoms with E-state index < -0.39 is 21.9 Å². The zero-order chi connectivity index (χ0) is 24.3. The SMILES string of the molecule is CCOC(=O)c1c(C)[nH]c(C)c1S(=O)(=O)N1CCC[C@@H](C(=O)Nc2cc(C)ccc2OC)C1. The van der Waals surface area contributed by atoms with Gasteiger partial charge in [0.1, 0.15) is 16.2 Å². The average molecular weight is 478 g/mol. The number of amides is 1. The molecule has 0 bridgehead atoms. The molecule has 1 saturated heterocycles. The Morgan fingerprint density at radius 2 is 1.94 bits per heavy atom. The summed E-state index contributed by atoms with van der Waals surface area (Å²) in [6, 6.07) is 5.47. The van der Waals surface area contributed by atoms with Crippen molar-refractivity contribution in [3.63, 3.8) is 0 Å². The molecule has 1 aliphatic heterocycles. The molecule has 0 saturated carbocycles. The van der Waals surface area contributed by atoms with Crippen LogP contribution in [-0.4, -0.2) is 56.4 Å². The van der Waals surface area contributed by atoms with Crippen LogP contribution in [0.25, 0.3) is 0 Å². The van der Waals surface area contributed by atoms with Crippen LogP contribution in [0.2, 0.25) is 0 Å². The summed E-state index contributed by atoms with van der Waals surface area (Å²) in [5.41, 5.74) is 2.33. The van der Waals surface area contributed by atoms with Gasteiger partial charge in [0.15, 0.2) is 0 Å². The van der Waals surface area contributed by atoms with Crippen LogP contribution in [0.1, 0.15) is 47.1 Å². The van der Waals surface area contributed by atoms with E-state index in [1.807, 2.05) is 19.1 Å².